The summed E-state index contributed by atoms with van der Waals surface area (Å²) in [6, 6.07) is 2.25. The molecule has 8 nitrogen and oxygen atoms in total. The maximum atomic E-state index is 12.1. The second-order valence-electron chi connectivity index (χ2n) is 5.10. The zero-order chi connectivity index (χ0) is 14.7. The number of hydrogen-bond acceptors (Lipinski definition) is 5. The van der Waals surface area contributed by atoms with Crippen LogP contribution in [0.2, 0.25) is 0 Å². The molecule has 0 aromatic carbocycles. The predicted octanol–water partition coefficient (Wildman–Crippen LogP) is -0.0942. The number of rotatable bonds is 8. The fourth-order valence-corrected chi connectivity index (χ4v) is 3.01. The van der Waals surface area contributed by atoms with Crippen LogP contribution in [-0.2, 0) is 23.0 Å². The van der Waals surface area contributed by atoms with E-state index in [4.69, 9.17) is 0 Å². The van der Waals surface area contributed by atoms with Gasteiger partial charge in [0.1, 0.15) is 12.2 Å². The summed E-state index contributed by atoms with van der Waals surface area (Å²) in [6.45, 7) is 0.941. The van der Waals surface area contributed by atoms with Gasteiger partial charge in [-0.25, -0.2) is 18.1 Å². The fourth-order valence-electron chi connectivity index (χ4n) is 1.96. The minimum atomic E-state index is -3.49. The minimum absolute atomic E-state index is 0.257. The van der Waals surface area contributed by atoms with Gasteiger partial charge in [0.05, 0.1) is 4.90 Å². The van der Waals surface area contributed by atoms with E-state index in [0.29, 0.717) is 24.8 Å². The molecule has 0 aliphatic heterocycles. The zero-order valence-corrected chi connectivity index (χ0v) is 12.3. The predicted molar refractivity (Wildman–Crippen MR) is 75.9 cm³/mol. The normalized spacial score (nSPS) is 15.4. The molecule has 114 valence electrons. The Morgan fingerprint density at radius 2 is 2.24 bits per heavy atom. The number of aromatic amines is 2. The highest BCUT2D eigenvalue weighted by atomic mass is 32.2. The molecule has 2 aromatic heterocycles. The van der Waals surface area contributed by atoms with Crippen molar-refractivity contribution in [3.05, 3.63) is 30.1 Å². The third kappa shape index (κ3) is 3.90. The lowest BCUT2D eigenvalue weighted by atomic mass is 10.4. The van der Waals surface area contributed by atoms with E-state index >= 15 is 0 Å². The molecule has 0 bridgehead atoms. The summed E-state index contributed by atoms with van der Waals surface area (Å²) in [5.74, 6) is 0.654. The standard InChI is InChI=1S/C12H18N6O2S/c19-21(20,17-4-3-12-15-8-16-18-12)11-5-10(14-7-11)6-13-9-1-2-9/h5,7-9,13-14,17H,1-4,6H2,(H,15,16,18). The van der Waals surface area contributed by atoms with Crippen molar-refractivity contribution < 1.29 is 8.42 Å². The number of H-pyrrole nitrogens is 2. The van der Waals surface area contributed by atoms with E-state index < -0.39 is 10.0 Å². The van der Waals surface area contributed by atoms with E-state index in [2.05, 4.69) is 30.2 Å². The molecule has 3 rings (SSSR count). The molecule has 1 aliphatic carbocycles. The molecule has 4 N–H and O–H groups in total. The van der Waals surface area contributed by atoms with Crippen LogP contribution in [0.25, 0.3) is 0 Å². The molecule has 21 heavy (non-hydrogen) atoms. The van der Waals surface area contributed by atoms with Crippen LogP contribution in [0, 0.1) is 0 Å². The van der Waals surface area contributed by atoms with Crippen molar-refractivity contribution in [1.82, 2.24) is 30.2 Å². The Morgan fingerprint density at radius 1 is 1.38 bits per heavy atom. The van der Waals surface area contributed by atoms with Gasteiger partial charge < -0.3 is 10.3 Å². The first-order valence-electron chi connectivity index (χ1n) is 6.88. The quantitative estimate of drug-likeness (QED) is 0.544. The molecule has 1 fully saturated rings. The van der Waals surface area contributed by atoms with E-state index in [0.717, 1.165) is 5.69 Å². The molecule has 2 heterocycles. The number of nitrogens with zero attached hydrogens (tertiary/aromatic N) is 2. The Bertz CT molecular complexity index is 674. The van der Waals surface area contributed by atoms with Crippen molar-refractivity contribution >= 4 is 10.0 Å². The summed E-state index contributed by atoms with van der Waals surface area (Å²) in [7, 11) is -3.49. The van der Waals surface area contributed by atoms with Crippen LogP contribution in [0.3, 0.4) is 0 Å². The number of aromatic nitrogens is 4. The summed E-state index contributed by atoms with van der Waals surface area (Å²) in [5, 5.41) is 9.74. The van der Waals surface area contributed by atoms with Gasteiger partial charge in [0, 0.05) is 37.4 Å². The maximum Gasteiger partial charge on any atom is 0.242 e. The molecule has 0 spiro atoms. The van der Waals surface area contributed by atoms with Gasteiger partial charge in [-0.2, -0.15) is 5.10 Å². The van der Waals surface area contributed by atoms with Gasteiger partial charge in [-0.15, -0.1) is 0 Å². The van der Waals surface area contributed by atoms with E-state index in [9.17, 15) is 8.42 Å². The Balaban J connectivity index is 1.53. The Labute approximate surface area is 122 Å². The molecule has 2 aromatic rings. The van der Waals surface area contributed by atoms with Crippen molar-refractivity contribution in [3.8, 4) is 0 Å². The highest BCUT2D eigenvalue weighted by Gasteiger charge is 2.21. The van der Waals surface area contributed by atoms with Crippen LogP contribution < -0.4 is 10.0 Å². The number of nitrogens with one attached hydrogen (secondary N) is 4. The lowest BCUT2D eigenvalue weighted by Gasteiger charge is -2.03. The molecule has 0 amide bonds. The van der Waals surface area contributed by atoms with Gasteiger partial charge in [-0.1, -0.05) is 0 Å². The highest BCUT2D eigenvalue weighted by Crippen LogP contribution is 2.19. The largest absolute Gasteiger partial charge is 0.363 e. The van der Waals surface area contributed by atoms with Crippen LogP contribution in [0.4, 0.5) is 0 Å². The van der Waals surface area contributed by atoms with E-state index in [1.165, 1.54) is 25.4 Å². The van der Waals surface area contributed by atoms with Crippen LogP contribution in [0.1, 0.15) is 24.4 Å². The molecule has 1 saturated carbocycles. The zero-order valence-electron chi connectivity index (χ0n) is 11.5. The third-order valence-electron chi connectivity index (χ3n) is 3.30. The molecule has 0 saturated heterocycles. The Kier molecular flexibility index (Phi) is 4.04. The second-order valence-corrected chi connectivity index (χ2v) is 6.86. The lowest BCUT2D eigenvalue weighted by Crippen LogP contribution is -2.26. The van der Waals surface area contributed by atoms with Gasteiger partial charge in [0.15, 0.2) is 0 Å². The average molecular weight is 310 g/mol. The third-order valence-corrected chi connectivity index (χ3v) is 4.74. The first-order valence-corrected chi connectivity index (χ1v) is 8.36. The second kappa shape index (κ2) is 5.96. The van der Waals surface area contributed by atoms with Crippen molar-refractivity contribution in [3.63, 3.8) is 0 Å². The summed E-state index contributed by atoms with van der Waals surface area (Å²) in [5.41, 5.74) is 0.873. The van der Waals surface area contributed by atoms with Crippen LogP contribution >= 0.6 is 0 Å². The van der Waals surface area contributed by atoms with E-state index in [-0.39, 0.29) is 11.4 Å². The average Bonchev–Trinajstić information content (AvgIpc) is 2.93. The highest BCUT2D eigenvalue weighted by molar-refractivity contribution is 7.89. The fraction of sp³-hybridized carbons (Fsp3) is 0.500. The first-order chi connectivity index (χ1) is 10.1. The SMILES string of the molecule is O=S(=O)(NCCc1ncn[nH]1)c1c[nH]c(CNC2CC2)c1. The van der Waals surface area contributed by atoms with Crippen molar-refractivity contribution in [2.45, 2.75) is 36.7 Å². The number of sulfonamides is 1. The lowest BCUT2D eigenvalue weighted by molar-refractivity contribution is 0.581. The van der Waals surface area contributed by atoms with Crippen molar-refractivity contribution in [1.29, 1.82) is 0 Å². The summed E-state index contributed by atoms with van der Waals surface area (Å²) >= 11 is 0. The van der Waals surface area contributed by atoms with Crippen LogP contribution in [0.5, 0.6) is 0 Å². The molecular formula is C12H18N6O2S. The van der Waals surface area contributed by atoms with Crippen molar-refractivity contribution in [2.24, 2.45) is 0 Å². The minimum Gasteiger partial charge on any atom is -0.363 e. The molecule has 0 radical (unpaired) electrons. The maximum absolute atomic E-state index is 12.1. The topological polar surface area (TPSA) is 116 Å². The summed E-state index contributed by atoms with van der Waals surface area (Å²) < 4.78 is 26.8. The first kappa shape index (κ1) is 14.2. The van der Waals surface area contributed by atoms with Gasteiger partial charge in [0.25, 0.3) is 0 Å². The van der Waals surface area contributed by atoms with E-state index in [1.54, 1.807) is 6.07 Å². The monoisotopic (exact) mass is 310 g/mol. The van der Waals surface area contributed by atoms with Gasteiger partial charge in [0.2, 0.25) is 10.0 Å². The molecule has 9 heteroatoms. The Hall–Kier alpha value is -1.71. The van der Waals surface area contributed by atoms with Crippen LogP contribution in [-0.4, -0.2) is 41.2 Å². The number of hydrogen-bond donors (Lipinski definition) is 4. The van der Waals surface area contributed by atoms with Crippen LogP contribution in [0.15, 0.2) is 23.5 Å². The van der Waals surface area contributed by atoms with Gasteiger partial charge >= 0.3 is 0 Å². The van der Waals surface area contributed by atoms with Gasteiger partial charge in [-0.3, -0.25) is 5.10 Å². The smallest absolute Gasteiger partial charge is 0.242 e. The Morgan fingerprint density at radius 3 is 2.95 bits per heavy atom. The molecule has 0 unspecified atom stereocenters. The van der Waals surface area contributed by atoms with E-state index in [1.807, 2.05) is 0 Å². The van der Waals surface area contributed by atoms with Crippen molar-refractivity contribution in [2.75, 3.05) is 6.54 Å². The molecule has 1 aliphatic rings. The molecular weight excluding hydrogens is 292 g/mol. The molecule has 0 atom stereocenters. The summed E-state index contributed by atoms with van der Waals surface area (Å²) in [6.07, 6.45) is 5.79. The summed E-state index contributed by atoms with van der Waals surface area (Å²) in [4.78, 5) is 7.19. The van der Waals surface area contributed by atoms with Gasteiger partial charge in [-0.05, 0) is 18.9 Å².